The Morgan fingerprint density at radius 3 is 2.35 bits per heavy atom. The Morgan fingerprint density at radius 1 is 1.10 bits per heavy atom. The molecule has 1 unspecified atom stereocenters. The fourth-order valence-corrected chi connectivity index (χ4v) is 2.33. The van der Waals surface area contributed by atoms with Gasteiger partial charge in [-0.05, 0) is 48.7 Å². The van der Waals surface area contributed by atoms with Crippen molar-refractivity contribution >= 4 is 11.6 Å². The normalized spacial score (nSPS) is 12.2. The van der Waals surface area contributed by atoms with Crippen LogP contribution in [0.15, 0.2) is 36.4 Å². The van der Waals surface area contributed by atoms with Crippen LogP contribution < -0.4 is 4.74 Å². The second-order valence-corrected chi connectivity index (χ2v) is 5.17. The lowest BCUT2D eigenvalue weighted by molar-refractivity contribution is 0.414. The van der Waals surface area contributed by atoms with E-state index in [2.05, 4.69) is 0 Å². The summed E-state index contributed by atoms with van der Waals surface area (Å²) >= 11 is 6.21. The third-order valence-corrected chi connectivity index (χ3v) is 3.58. The lowest BCUT2D eigenvalue weighted by Gasteiger charge is -2.12. The van der Waals surface area contributed by atoms with Crippen molar-refractivity contribution in [1.82, 2.24) is 0 Å². The van der Waals surface area contributed by atoms with Gasteiger partial charge in [0.25, 0.3) is 0 Å². The van der Waals surface area contributed by atoms with Crippen molar-refractivity contribution in [1.29, 1.82) is 0 Å². The van der Waals surface area contributed by atoms with Crippen molar-refractivity contribution in [3.63, 3.8) is 0 Å². The number of hydrogen-bond donors (Lipinski definition) is 0. The molecule has 4 heteroatoms. The maximum atomic E-state index is 13.8. The molecule has 1 nitrogen and oxygen atoms in total. The van der Waals surface area contributed by atoms with Crippen LogP contribution in [0.2, 0.25) is 0 Å². The summed E-state index contributed by atoms with van der Waals surface area (Å²) in [6, 6.07) is 9.68. The number of aryl methyl sites for hydroxylation is 1. The van der Waals surface area contributed by atoms with Gasteiger partial charge in [0, 0.05) is 5.56 Å². The summed E-state index contributed by atoms with van der Waals surface area (Å²) in [5.41, 5.74) is 1.40. The molecule has 1 atom stereocenters. The summed E-state index contributed by atoms with van der Waals surface area (Å²) in [5, 5.41) is -0.613. The van der Waals surface area contributed by atoms with E-state index in [0.29, 0.717) is 6.42 Å². The predicted octanol–water partition coefficient (Wildman–Crippen LogP) is 4.80. The molecule has 0 aliphatic rings. The number of ether oxygens (including phenoxy) is 1. The van der Waals surface area contributed by atoms with Gasteiger partial charge in [0.2, 0.25) is 0 Å². The summed E-state index contributed by atoms with van der Waals surface area (Å²) in [6.07, 6.45) is 0.422. The Kier molecular flexibility index (Phi) is 4.61. The van der Waals surface area contributed by atoms with E-state index in [-0.39, 0.29) is 11.1 Å². The molecule has 0 saturated heterocycles. The van der Waals surface area contributed by atoms with Crippen molar-refractivity contribution < 1.29 is 13.5 Å². The minimum Gasteiger partial charge on any atom is -0.497 e. The minimum absolute atomic E-state index is 0.186. The number of methoxy groups -OCH3 is 1. The average Bonchev–Trinajstić information content (AvgIpc) is 2.43. The minimum atomic E-state index is -0.613. The summed E-state index contributed by atoms with van der Waals surface area (Å²) in [5.74, 6) is -0.174. The fourth-order valence-electron chi connectivity index (χ4n) is 1.98. The number of halogens is 3. The molecule has 0 aliphatic carbocycles. The highest BCUT2D eigenvalue weighted by Crippen LogP contribution is 2.29. The van der Waals surface area contributed by atoms with E-state index >= 15 is 0 Å². The van der Waals surface area contributed by atoms with Crippen LogP contribution in [0.4, 0.5) is 8.78 Å². The lowest BCUT2D eigenvalue weighted by atomic mass is 10.0. The van der Waals surface area contributed by atoms with Crippen LogP contribution in [0.5, 0.6) is 5.75 Å². The van der Waals surface area contributed by atoms with Crippen LogP contribution >= 0.6 is 11.6 Å². The molecular weight excluding hydrogens is 282 g/mol. The van der Waals surface area contributed by atoms with E-state index in [4.69, 9.17) is 16.3 Å². The molecule has 0 saturated carbocycles. The molecule has 106 valence electrons. The van der Waals surface area contributed by atoms with Crippen molar-refractivity contribution in [2.75, 3.05) is 7.11 Å². The van der Waals surface area contributed by atoms with E-state index in [1.54, 1.807) is 7.11 Å². The molecule has 0 heterocycles. The monoisotopic (exact) mass is 296 g/mol. The molecule has 0 aromatic heterocycles. The van der Waals surface area contributed by atoms with Gasteiger partial charge >= 0.3 is 0 Å². The molecule has 0 N–H and O–H groups in total. The SMILES string of the molecule is COc1ccc(CC(Cl)c2cc(F)c(C)cc2F)cc1. The first-order valence-electron chi connectivity index (χ1n) is 6.24. The standard InChI is InChI=1S/C16H15ClF2O/c1-10-7-16(19)13(9-15(10)18)14(17)8-11-3-5-12(20-2)6-4-11/h3-7,9,14H,8H2,1-2H3. The molecule has 2 rings (SSSR count). The molecule has 0 bridgehead atoms. The first-order chi connectivity index (χ1) is 9.51. The highest BCUT2D eigenvalue weighted by atomic mass is 35.5. The smallest absolute Gasteiger partial charge is 0.128 e. The molecule has 0 spiro atoms. The first kappa shape index (κ1) is 14.8. The van der Waals surface area contributed by atoms with Gasteiger partial charge in [-0.2, -0.15) is 0 Å². The van der Waals surface area contributed by atoms with E-state index in [9.17, 15) is 8.78 Å². The maximum absolute atomic E-state index is 13.8. The first-order valence-corrected chi connectivity index (χ1v) is 6.67. The average molecular weight is 297 g/mol. The van der Waals surface area contributed by atoms with Crippen LogP contribution in [0.25, 0.3) is 0 Å². The molecular formula is C16H15ClF2O. The van der Waals surface area contributed by atoms with Gasteiger partial charge in [0.05, 0.1) is 12.5 Å². The number of alkyl halides is 1. The van der Waals surface area contributed by atoms with Gasteiger partial charge in [-0.25, -0.2) is 8.78 Å². The Bertz CT molecular complexity index is 596. The van der Waals surface area contributed by atoms with Crippen LogP contribution in [0.1, 0.15) is 22.1 Å². The van der Waals surface area contributed by atoms with Crippen molar-refractivity contribution in [3.05, 3.63) is 64.7 Å². The quantitative estimate of drug-likeness (QED) is 0.736. The van der Waals surface area contributed by atoms with Gasteiger partial charge in [-0.1, -0.05) is 12.1 Å². The molecule has 0 aliphatic heterocycles. The highest BCUT2D eigenvalue weighted by molar-refractivity contribution is 6.20. The van der Waals surface area contributed by atoms with E-state index in [1.807, 2.05) is 24.3 Å². The Hall–Kier alpha value is -1.61. The summed E-state index contributed by atoms with van der Waals surface area (Å²) in [7, 11) is 1.59. The van der Waals surface area contributed by atoms with Crippen LogP contribution in [-0.4, -0.2) is 7.11 Å². The van der Waals surface area contributed by atoms with E-state index in [1.165, 1.54) is 19.1 Å². The van der Waals surface area contributed by atoms with E-state index in [0.717, 1.165) is 11.3 Å². The molecule has 0 amide bonds. The zero-order chi connectivity index (χ0) is 14.7. The highest BCUT2D eigenvalue weighted by Gasteiger charge is 2.16. The summed E-state index contributed by atoms with van der Waals surface area (Å²) in [6.45, 7) is 1.52. The molecule has 0 fully saturated rings. The molecule has 20 heavy (non-hydrogen) atoms. The van der Waals surface area contributed by atoms with Gasteiger partial charge in [0.15, 0.2) is 0 Å². The van der Waals surface area contributed by atoms with Crippen LogP contribution in [-0.2, 0) is 6.42 Å². The molecule has 2 aromatic rings. The third kappa shape index (κ3) is 3.28. The molecule has 0 radical (unpaired) electrons. The fraction of sp³-hybridized carbons (Fsp3) is 0.250. The van der Waals surface area contributed by atoms with Gasteiger partial charge in [0.1, 0.15) is 17.4 Å². The van der Waals surface area contributed by atoms with Crippen LogP contribution in [0.3, 0.4) is 0 Å². The Balaban J connectivity index is 2.18. The van der Waals surface area contributed by atoms with Crippen LogP contribution in [0, 0.1) is 18.6 Å². The number of benzene rings is 2. The van der Waals surface area contributed by atoms with Crippen molar-refractivity contribution in [2.24, 2.45) is 0 Å². The predicted molar refractivity (Wildman–Crippen MR) is 76.4 cm³/mol. The lowest BCUT2D eigenvalue weighted by Crippen LogP contribution is -2.01. The van der Waals surface area contributed by atoms with Crippen molar-refractivity contribution in [2.45, 2.75) is 18.7 Å². The van der Waals surface area contributed by atoms with Crippen molar-refractivity contribution in [3.8, 4) is 5.75 Å². The van der Waals surface area contributed by atoms with Gasteiger partial charge < -0.3 is 4.74 Å². The molecule has 2 aromatic carbocycles. The summed E-state index contributed by atoms with van der Waals surface area (Å²) in [4.78, 5) is 0. The maximum Gasteiger partial charge on any atom is 0.128 e. The number of hydrogen-bond acceptors (Lipinski definition) is 1. The van der Waals surface area contributed by atoms with Gasteiger partial charge in [-0.3, -0.25) is 0 Å². The zero-order valence-corrected chi connectivity index (χ0v) is 12.0. The second kappa shape index (κ2) is 6.23. The Labute approximate surface area is 122 Å². The largest absolute Gasteiger partial charge is 0.497 e. The number of rotatable bonds is 4. The second-order valence-electron chi connectivity index (χ2n) is 4.64. The topological polar surface area (TPSA) is 9.23 Å². The Morgan fingerprint density at radius 2 is 1.75 bits per heavy atom. The third-order valence-electron chi connectivity index (χ3n) is 3.19. The van der Waals surface area contributed by atoms with E-state index < -0.39 is 17.0 Å². The zero-order valence-electron chi connectivity index (χ0n) is 11.3. The summed E-state index contributed by atoms with van der Waals surface area (Å²) < 4.78 is 32.4. The van der Waals surface area contributed by atoms with Gasteiger partial charge in [-0.15, -0.1) is 11.6 Å².